The van der Waals surface area contributed by atoms with Crippen molar-refractivity contribution in [1.29, 1.82) is 0 Å². The summed E-state index contributed by atoms with van der Waals surface area (Å²) >= 11 is 0. The molecule has 0 bridgehead atoms. The molecule has 1 fully saturated rings. The number of likely N-dealkylation sites (N-methyl/N-ethyl adjacent to an activating group) is 2. The molecule has 0 aliphatic carbocycles. The highest BCUT2D eigenvalue weighted by molar-refractivity contribution is 5.91. The molecule has 0 radical (unpaired) electrons. The van der Waals surface area contributed by atoms with E-state index in [2.05, 4.69) is 62.6 Å². The summed E-state index contributed by atoms with van der Waals surface area (Å²) in [6, 6.07) is 23.2. The number of methoxy groups -OCH3 is 3. The number of likely N-dealkylation sites (tertiary alicyclic amines) is 1. The van der Waals surface area contributed by atoms with Crippen molar-refractivity contribution in [2.75, 3.05) is 81.4 Å². The Kier molecular flexibility index (Phi) is 12.6. The van der Waals surface area contributed by atoms with Crippen LogP contribution in [0.3, 0.4) is 0 Å². The predicted molar refractivity (Wildman–Crippen MR) is 193 cm³/mol. The Morgan fingerprint density at radius 2 is 1.50 bits per heavy atom. The number of esters is 2. The Labute approximate surface area is 297 Å². The molecule has 0 amide bonds. The molecule has 9 heteroatoms. The largest absolute Gasteiger partial charge is 0.497 e. The van der Waals surface area contributed by atoms with Gasteiger partial charge in [-0.05, 0) is 41.0 Å². The van der Waals surface area contributed by atoms with E-state index in [1.165, 1.54) is 34.4 Å². The van der Waals surface area contributed by atoms with E-state index < -0.39 is 11.9 Å². The van der Waals surface area contributed by atoms with E-state index in [1.54, 1.807) is 21.3 Å². The van der Waals surface area contributed by atoms with Crippen LogP contribution in [-0.2, 0) is 38.3 Å². The first kappa shape index (κ1) is 36.9. The molecule has 2 aliphatic rings. The van der Waals surface area contributed by atoms with Crippen LogP contribution in [0.2, 0.25) is 0 Å². The molecule has 3 aromatic rings. The normalized spacial score (nSPS) is 22.9. The number of hydrogen-bond donors (Lipinski definition) is 0. The molecule has 50 heavy (non-hydrogen) atoms. The summed E-state index contributed by atoms with van der Waals surface area (Å²) in [7, 11) is 9.57. The quantitative estimate of drug-likeness (QED) is 0.0823. The summed E-state index contributed by atoms with van der Waals surface area (Å²) in [6.07, 6.45) is 6.85. The van der Waals surface area contributed by atoms with Crippen molar-refractivity contribution >= 4 is 11.9 Å². The van der Waals surface area contributed by atoms with Gasteiger partial charge in [-0.1, -0.05) is 42.5 Å². The zero-order valence-corrected chi connectivity index (χ0v) is 30.4. The van der Waals surface area contributed by atoms with Gasteiger partial charge in [-0.2, -0.15) is 0 Å². The van der Waals surface area contributed by atoms with Gasteiger partial charge in [0.05, 0.1) is 74.8 Å². The zero-order valence-electron chi connectivity index (χ0n) is 30.4. The Morgan fingerprint density at radius 1 is 0.800 bits per heavy atom. The number of fused-ring (bicyclic) bond motifs is 1. The molecule has 9 nitrogen and oxygen atoms in total. The maximum atomic E-state index is 12.5. The van der Waals surface area contributed by atoms with Crippen LogP contribution < -0.4 is 14.2 Å². The molecule has 0 saturated carbocycles. The SMILES string of the molecule is COc1ccc(CC2c3cc(OC)c(OC)cc3CC[N+]2(C)CCCOC(=O)C=CC(=O)OCC2CC[N+](C)(CCc3ccccc3)C2)cc1. The molecular weight excluding hydrogens is 632 g/mol. The summed E-state index contributed by atoms with van der Waals surface area (Å²) in [4.78, 5) is 24.9. The van der Waals surface area contributed by atoms with E-state index in [4.69, 9.17) is 23.7 Å². The molecule has 0 aromatic heterocycles. The Balaban J connectivity index is 1.10. The van der Waals surface area contributed by atoms with Gasteiger partial charge in [0.25, 0.3) is 0 Å². The molecule has 3 aromatic carbocycles. The second kappa shape index (κ2) is 17.1. The molecule has 2 aliphatic heterocycles. The number of quaternary nitrogens is 2. The zero-order chi connectivity index (χ0) is 35.6. The maximum Gasteiger partial charge on any atom is 0.331 e. The molecule has 0 N–H and O–H groups in total. The van der Waals surface area contributed by atoms with E-state index in [0.29, 0.717) is 18.9 Å². The van der Waals surface area contributed by atoms with Crippen LogP contribution in [0.4, 0.5) is 0 Å². The van der Waals surface area contributed by atoms with Crippen molar-refractivity contribution in [3.05, 3.63) is 101 Å². The monoisotopic (exact) mass is 686 g/mol. The van der Waals surface area contributed by atoms with Crippen molar-refractivity contribution in [3.8, 4) is 17.2 Å². The average molecular weight is 687 g/mol. The van der Waals surface area contributed by atoms with Crippen LogP contribution in [0.25, 0.3) is 0 Å². The summed E-state index contributed by atoms with van der Waals surface area (Å²) in [5, 5.41) is 0. The van der Waals surface area contributed by atoms with Gasteiger partial charge in [-0.15, -0.1) is 0 Å². The molecule has 5 rings (SSSR count). The molecular formula is C41H54N2O7+2. The fourth-order valence-corrected chi connectivity index (χ4v) is 7.63. The van der Waals surface area contributed by atoms with Gasteiger partial charge in [0, 0.05) is 55.7 Å². The molecule has 1 saturated heterocycles. The minimum absolute atomic E-state index is 0.165. The van der Waals surface area contributed by atoms with Gasteiger partial charge in [0.1, 0.15) is 18.4 Å². The van der Waals surface area contributed by atoms with Crippen LogP contribution in [0.1, 0.15) is 41.1 Å². The van der Waals surface area contributed by atoms with Gasteiger partial charge >= 0.3 is 11.9 Å². The lowest BCUT2D eigenvalue weighted by Crippen LogP contribution is -2.52. The number of carbonyl (C=O) groups excluding carboxylic acids is 2. The van der Waals surface area contributed by atoms with Gasteiger partial charge < -0.3 is 32.7 Å². The second-order valence-electron chi connectivity index (χ2n) is 14.3. The molecule has 4 unspecified atom stereocenters. The average Bonchev–Trinajstić information content (AvgIpc) is 3.53. The summed E-state index contributed by atoms with van der Waals surface area (Å²) in [6.45, 7) is 5.52. The third-order valence-corrected chi connectivity index (χ3v) is 10.7. The van der Waals surface area contributed by atoms with Gasteiger partial charge in [0.2, 0.25) is 0 Å². The fraction of sp³-hybridized carbons (Fsp3) is 0.463. The number of carbonyl (C=O) groups is 2. The third-order valence-electron chi connectivity index (χ3n) is 10.7. The minimum atomic E-state index is -0.536. The maximum absolute atomic E-state index is 12.5. The number of ether oxygens (including phenoxy) is 5. The van der Waals surface area contributed by atoms with Crippen LogP contribution in [-0.4, -0.2) is 102 Å². The van der Waals surface area contributed by atoms with Crippen molar-refractivity contribution in [3.63, 3.8) is 0 Å². The summed E-state index contributed by atoms with van der Waals surface area (Å²) < 4.78 is 29.5. The van der Waals surface area contributed by atoms with E-state index in [0.717, 1.165) is 84.6 Å². The molecule has 0 spiro atoms. The topological polar surface area (TPSA) is 80.3 Å². The molecule has 4 atom stereocenters. The highest BCUT2D eigenvalue weighted by Gasteiger charge is 2.40. The molecule has 2 heterocycles. The lowest BCUT2D eigenvalue weighted by atomic mass is 9.86. The van der Waals surface area contributed by atoms with Gasteiger partial charge in [0.15, 0.2) is 11.5 Å². The smallest absolute Gasteiger partial charge is 0.331 e. The number of nitrogens with zero attached hydrogens (tertiary/aromatic N) is 2. The van der Waals surface area contributed by atoms with Crippen molar-refractivity contribution in [2.24, 2.45) is 5.92 Å². The van der Waals surface area contributed by atoms with E-state index in [9.17, 15) is 9.59 Å². The van der Waals surface area contributed by atoms with Crippen molar-refractivity contribution < 1.29 is 42.2 Å². The highest BCUT2D eigenvalue weighted by atomic mass is 16.5. The molecule has 268 valence electrons. The van der Waals surface area contributed by atoms with E-state index >= 15 is 0 Å². The van der Waals surface area contributed by atoms with Crippen LogP contribution in [0, 0.1) is 5.92 Å². The Hall–Kier alpha value is -4.34. The summed E-state index contributed by atoms with van der Waals surface area (Å²) in [5.74, 6) is 1.57. The van der Waals surface area contributed by atoms with Crippen LogP contribution in [0.15, 0.2) is 78.9 Å². The van der Waals surface area contributed by atoms with E-state index in [-0.39, 0.29) is 12.6 Å². The lowest BCUT2D eigenvalue weighted by Gasteiger charge is -2.46. The first-order valence-corrected chi connectivity index (χ1v) is 17.7. The Bertz CT molecular complexity index is 1610. The second-order valence-corrected chi connectivity index (χ2v) is 14.3. The third kappa shape index (κ3) is 9.67. The first-order valence-electron chi connectivity index (χ1n) is 17.7. The summed E-state index contributed by atoms with van der Waals surface area (Å²) in [5.41, 5.74) is 5.08. The fourth-order valence-electron chi connectivity index (χ4n) is 7.63. The number of benzene rings is 3. The predicted octanol–water partition coefficient (Wildman–Crippen LogP) is 5.74. The minimum Gasteiger partial charge on any atom is -0.497 e. The Morgan fingerprint density at radius 3 is 2.20 bits per heavy atom. The van der Waals surface area contributed by atoms with Crippen molar-refractivity contribution in [1.82, 2.24) is 0 Å². The van der Waals surface area contributed by atoms with E-state index in [1.807, 2.05) is 18.2 Å². The first-order chi connectivity index (χ1) is 24.1. The lowest BCUT2D eigenvalue weighted by molar-refractivity contribution is -0.941. The number of rotatable bonds is 16. The van der Waals surface area contributed by atoms with Crippen LogP contribution >= 0.6 is 0 Å². The highest BCUT2D eigenvalue weighted by Crippen LogP contribution is 2.42. The van der Waals surface area contributed by atoms with Crippen LogP contribution in [0.5, 0.6) is 17.2 Å². The van der Waals surface area contributed by atoms with Crippen molar-refractivity contribution in [2.45, 2.75) is 38.1 Å². The van der Waals surface area contributed by atoms with Gasteiger partial charge in [-0.3, -0.25) is 0 Å². The standard InChI is InChI=1S/C41H54N2O7/c1-42(22-18-31-10-7-6-8-11-31)23-19-33(29-42)30-50-41(45)17-16-40(44)49-25-9-21-43(2)24-20-34-27-38(47-4)39(48-5)28-36(34)37(43)26-32-12-14-35(46-3)15-13-32/h6-8,10-17,27-28,33,37H,9,18-26,29-30H2,1-5H3/q+2. The number of hydrogen-bond acceptors (Lipinski definition) is 7. The van der Waals surface area contributed by atoms with Gasteiger partial charge in [-0.25, -0.2) is 9.59 Å².